The minimum Gasteiger partial charge on any atom is -1.00 e. The van der Waals surface area contributed by atoms with Gasteiger partial charge in [0, 0.05) is 11.6 Å². The number of hydrogen-bond acceptors (Lipinski definition) is 0. The molecule has 0 atom stereocenters. The van der Waals surface area contributed by atoms with Gasteiger partial charge in [0.2, 0.25) is 0 Å². The van der Waals surface area contributed by atoms with Gasteiger partial charge in [0.1, 0.15) is 11.6 Å². The van der Waals surface area contributed by atoms with Crippen LogP contribution in [-0.2, 0) is 0 Å². The number of hydrogen-bond donors (Lipinski definition) is 0. The summed E-state index contributed by atoms with van der Waals surface area (Å²) in [5.41, 5.74) is 0. The molecule has 0 heterocycles. The molecule has 2 aromatic rings. The van der Waals surface area contributed by atoms with Gasteiger partial charge in [0.25, 0.3) is 0 Å². The van der Waals surface area contributed by atoms with Crippen molar-refractivity contribution < 1.29 is 35.4 Å². The first-order valence-electron chi connectivity index (χ1n) is 4.07. The summed E-state index contributed by atoms with van der Waals surface area (Å²) in [5, 5.41) is -3.16. The molecule has 0 saturated carbocycles. The first-order chi connectivity index (χ1) is 7.86. The van der Waals surface area contributed by atoms with Gasteiger partial charge >= 0.3 is 23.1 Å². The molecule has 98 valence electrons. The summed E-state index contributed by atoms with van der Waals surface area (Å²) >= 11 is 0. The van der Waals surface area contributed by atoms with Crippen LogP contribution >= 0.6 is 0 Å². The van der Waals surface area contributed by atoms with E-state index in [1.165, 1.54) is 0 Å². The standard InChI is InChI=1S/C10F7.FH.Mg/c11-2-1-3(12)6(13)5-4(2)7(14)9(16)10(17)8(5)15;;/h;1H;/q-1;;+2/p-1. The average molecular weight is 296 g/mol. The van der Waals surface area contributed by atoms with E-state index in [9.17, 15) is 30.7 Å². The average Bonchev–Trinajstić information content (AvgIpc) is 2.28. The maximum atomic E-state index is 13.1. The number of fused-ring (bicyclic) bond motifs is 1. The zero-order valence-corrected chi connectivity index (χ0v) is 10.1. The van der Waals surface area contributed by atoms with Gasteiger partial charge in [-0.15, -0.1) is 6.07 Å². The summed E-state index contributed by atoms with van der Waals surface area (Å²) in [4.78, 5) is 0. The van der Waals surface area contributed by atoms with E-state index in [-0.39, 0.29) is 27.8 Å². The largest absolute Gasteiger partial charge is 2.00 e. The van der Waals surface area contributed by atoms with Crippen LogP contribution in [0, 0.1) is 46.8 Å². The van der Waals surface area contributed by atoms with Crippen molar-refractivity contribution in [3.8, 4) is 0 Å². The Morgan fingerprint density at radius 2 is 0.947 bits per heavy atom. The molecule has 2 rings (SSSR count). The van der Waals surface area contributed by atoms with Crippen LogP contribution in [0.25, 0.3) is 10.8 Å². The number of benzene rings is 2. The van der Waals surface area contributed by atoms with Crippen molar-refractivity contribution in [2.45, 2.75) is 0 Å². The molecular weight excluding hydrogens is 296 g/mol. The first kappa shape index (κ1) is 17.9. The monoisotopic (exact) mass is 296 g/mol. The minimum atomic E-state index is -2.35. The Morgan fingerprint density at radius 1 is 0.526 bits per heavy atom. The summed E-state index contributed by atoms with van der Waals surface area (Å²) in [5.74, 6) is -14.9. The second-order valence-electron chi connectivity index (χ2n) is 3.07. The Morgan fingerprint density at radius 3 is 1.42 bits per heavy atom. The molecule has 0 nitrogen and oxygen atoms in total. The van der Waals surface area contributed by atoms with E-state index in [0.717, 1.165) is 6.07 Å². The molecule has 0 aliphatic carbocycles. The van der Waals surface area contributed by atoms with Crippen LogP contribution in [0.15, 0.2) is 0 Å². The fourth-order valence-electron chi connectivity index (χ4n) is 1.37. The summed E-state index contributed by atoms with van der Waals surface area (Å²) in [6.45, 7) is 0. The van der Waals surface area contributed by atoms with Crippen molar-refractivity contribution in [3.05, 3.63) is 46.8 Å². The van der Waals surface area contributed by atoms with E-state index < -0.39 is 51.5 Å². The van der Waals surface area contributed by atoms with Crippen LogP contribution in [0.1, 0.15) is 0 Å². The van der Waals surface area contributed by atoms with E-state index >= 15 is 0 Å². The van der Waals surface area contributed by atoms with E-state index in [2.05, 4.69) is 0 Å². The minimum absolute atomic E-state index is 0. The number of rotatable bonds is 0. The van der Waals surface area contributed by atoms with Gasteiger partial charge in [-0.05, 0) is 10.8 Å². The topological polar surface area (TPSA) is 0 Å². The van der Waals surface area contributed by atoms with E-state index in [0.29, 0.717) is 0 Å². The zero-order valence-electron chi connectivity index (χ0n) is 8.73. The van der Waals surface area contributed by atoms with Gasteiger partial charge in [-0.1, -0.05) is 0 Å². The third-order valence-electron chi connectivity index (χ3n) is 2.12. The second kappa shape index (κ2) is 5.91. The van der Waals surface area contributed by atoms with Gasteiger partial charge < -0.3 is 4.70 Å². The predicted octanol–water partition coefficient (Wildman–Crippen LogP) is 0.237. The molecule has 2 aromatic carbocycles. The van der Waals surface area contributed by atoms with Crippen LogP contribution in [-0.4, -0.2) is 23.1 Å². The normalized spacial score (nSPS) is 10.1. The van der Waals surface area contributed by atoms with Gasteiger partial charge in [-0.25, -0.2) is 26.3 Å². The van der Waals surface area contributed by atoms with Crippen molar-refractivity contribution in [1.29, 1.82) is 0 Å². The van der Waals surface area contributed by atoms with Crippen molar-refractivity contribution >= 4 is 33.8 Å². The molecule has 0 aliphatic heterocycles. The summed E-state index contributed by atoms with van der Waals surface area (Å²) in [6.07, 6.45) is 0. The zero-order chi connectivity index (χ0) is 12.9. The number of halogens is 8. The van der Waals surface area contributed by atoms with Gasteiger partial charge in [-0.3, -0.25) is 4.39 Å². The maximum absolute atomic E-state index is 13.1. The Kier molecular flexibility index (Phi) is 5.57. The maximum Gasteiger partial charge on any atom is 2.00 e. The van der Waals surface area contributed by atoms with E-state index in [4.69, 9.17) is 0 Å². The van der Waals surface area contributed by atoms with Crippen LogP contribution in [0.3, 0.4) is 0 Å². The molecule has 0 aromatic heterocycles. The van der Waals surface area contributed by atoms with Crippen molar-refractivity contribution in [2.75, 3.05) is 0 Å². The smallest absolute Gasteiger partial charge is 1.00 e. The molecule has 0 unspecified atom stereocenters. The van der Waals surface area contributed by atoms with Crippen molar-refractivity contribution in [1.82, 2.24) is 0 Å². The molecule has 0 bridgehead atoms. The van der Waals surface area contributed by atoms with Crippen molar-refractivity contribution in [3.63, 3.8) is 0 Å². The molecular formula is C10F8Mg. The molecule has 9 heteroatoms. The molecule has 0 radical (unpaired) electrons. The molecule has 0 fully saturated rings. The van der Waals surface area contributed by atoms with Gasteiger partial charge in [-0.2, -0.15) is 0 Å². The van der Waals surface area contributed by atoms with E-state index in [1.807, 2.05) is 0 Å². The summed E-state index contributed by atoms with van der Waals surface area (Å²) in [7, 11) is 0. The predicted molar refractivity (Wildman–Crippen MR) is 48.2 cm³/mol. The molecule has 0 spiro atoms. The van der Waals surface area contributed by atoms with Crippen LogP contribution in [0.5, 0.6) is 0 Å². The van der Waals surface area contributed by atoms with Crippen molar-refractivity contribution in [2.24, 2.45) is 0 Å². The Bertz CT molecular complexity index is 640. The fourth-order valence-corrected chi connectivity index (χ4v) is 1.37. The van der Waals surface area contributed by atoms with E-state index in [1.54, 1.807) is 0 Å². The summed E-state index contributed by atoms with van der Waals surface area (Å²) in [6, 6.07) is 1.09. The van der Waals surface area contributed by atoms with Gasteiger partial charge in [0.05, 0.1) is 5.82 Å². The molecule has 0 aliphatic rings. The summed E-state index contributed by atoms with van der Waals surface area (Å²) < 4.78 is 90.4. The van der Waals surface area contributed by atoms with Crippen LogP contribution < -0.4 is 4.70 Å². The molecule has 0 N–H and O–H groups in total. The first-order valence-corrected chi connectivity index (χ1v) is 4.07. The molecule has 0 saturated heterocycles. The fraction of sp³-hybridized carbons (Fsp3) is 0. The van der Waals surface area contributed by atoms with Crippen LogP contribution in [0.4, 0.5) is 30.7 Å². The Balaban J connectivity index is 0.00000162. The SMILES string of the molecule is Fc1[c-]c(F)c2c(F)c(F)c(F)c(F)c2c1F.[F-].[Mg+2]. The Hall–Kier alpha value is -1.09. The second-order valence-corrected chi connectivity index (χ2v) is 3.07. The third-order valence-corrected chi connectivity index (χ3v) is 2.12. The molecule has 19 heavy (non-hydrogen) atoms. The van der Waals surface area contributed by atoms with Gasteiger partial charge in [0.15, 0.2) is 11.6 Å². The molecule has 0 amide bonds. The quantitative estimate of drug-likeness (QED) is 0.215. The van der Waals surface area contributed by atoms with Crippen LogP contribution in [0.2, 0.25) is 0 Å². The third kappa shape index (κ3) is 2.48. The Labute approximate surface area is 116 Å².